The lowest BCUT2D eigenvalue weighted by atomic mass is 10.1. The molecule has 0 saturated carbocycles. The average Bonchev–Trinajstić information content (AvgIpc) is 2.71. The van der Waals surface area contributed by atoms with E-state index in [9.17, 15) is 9.18 Å². The van der Waals surface area contributed by atoms with Crippen LogP contribution in [0.2, 0.25) is 5.02 Å². The molecular weight excluding hydrogens is 379 g/mol. The summed E-state index contributed by atoms with van der Waals surface area (Å²) in [4.78, 5) is 12.2. The number of ketones is 1. The molecule has 0 aliphatic rings. The second kappa shape index (κ2) is 9.20. The number of ether oxygens (including phenoxy) is 2. The van der Waals surface area contributed by atoms with Crippen molar-refractivity contribution >= 4 is 23.5 Å². The van der Waals surface area contributed by atoms with E-state index in [0.717, 1.165) is 11.1 Å². The third-order valence-electron chi connectivity index (χ3n) is 4.05. The van der Waals surface area contributed by atoms with Crippen LogP contribution in [0.25, 0.3) is 6.08 Å². The molecule has 0 unspecified atom stereocenters. The third-order valence-corrected chi connectivity index (χ3v) is 4.29. The Hall–Kier alpha value is -3.11. The van der Waals surface area contributed by atoms with Gasteiger partial charge in [-0.15, -0.1) is 0 Å². The molecule has 3 nitrogen and oxygen atoms in total. The Labute approximate surface area is 168 Å². The normalized spacial score (nSPS) is 10.8. The van der Waals surface area contributed by atoms with E-state index in [1.165, 1.54) is 30.3 Å². The second-order valence-electron chi connectivity index (χ2n) is 6.02. The molecule has 28 heavy (non-hydrogen) atoms. The SMILES string of the molecule is COc1ccc(/C=C/C(=O)c2ccc(F)cc2)cc1COc1cccc(Cl)c1. The molecule has 0 saturated heterocycles. The zero-order chi connectivity index (χ0) is 19.9. The van der Waals surface area contributed by atoms with Crippen molar-refractivity contribution < 1.29 is 18.7 Å². The third kappa shape index (κ3) is 5.21. The van der Waals surface area contributed by atoms with Crippen LogP contribution in [-0.2, 0) is 6.61 Å². The molecule has 0 radical (unpaired) electrons. The fourth-order valence-electron chi connectivity index (χ4n) is 2.62. The van der Waals surface area contributed by atoms with Crippen LogP contribution in [0.15, 0.2) is 72.8 Å². The Morgan fingerprint density at radius 1 is 1.07 bits per heavy atom. The molecule has 0 spiro atoms. The molecule has 3 rings (SSSR count). The number of methoxy groups -OCH3 is 1. The van der Waals surface area contributed by atoms with Crippen molar-refractivity contribution in [2.75, 3.05) is 7.11 Å². The van der Waals surface area contributed by atoms with Crippen molar-refractivity contribution in [1.29, 1.82) is 0 Å². The van der Waals surface area contributed by atoms with Crippen LogP contribution in [0.4, 0.5) is 4.39 Å². The molecule has 3 aromatic carbocycles. The minimum absolute atomic E-state index is 0.201. The van der Waals surface area contributed by atoms with Gasteiger partial charge in [0.05, 0.1) is 7.11 Å². The van der Waals surface area contributed by atoms with Crippen molar-refractivity contribution in [3.05, 3.63) is 100 Å². The lowest BCUT2D eigenvalue weighted by molar-refractivity contribution is 0.104. The van der Waals surface area contributed by atoms with E-state index in [1.807, 2.05) is 30.3 Å². The van der Waals surface area contributed by atoms with Crippen molar-refractivity contribution in [3.63, 3.8) is 0 Å². The Balaban J connectivity index is 1.74. The molecule has 0 N–H and O–H groups in total. The van der Waals surface area contributed by atoms with E-state index in [2.05, 4.69) is 0 Å². The minimum atomic E-state index is -0.375. The van der Waals surface area contributed by atoms with Crippen LogP contribution in [0.3, 0.4) is 0 Å². The molecule has 0 heterocycles. The van der Waals surface area contributed by atoms with Gasteiger partial charge in [-0.05, 0) is 66.2 Å². The summed E-state index contributed by atoms with van der Waals surface area (Å²) < 4.78 is 24.1. The van der Waals surface area contributed by atoms with E-state index in [0.29, 0.717) is 22.1 Å². The molecule has 0 atom stereocenters. The van der Waals surface area contributed by atoms with Crippen LogP contribution in [-0.4, -0.2) is 12.9 Å². The Kier molecular flexibility index (Phi) is 6.45. The standard InChI is InChI=1S/C23H18ClFO3/c1-27-23-12-6-16(5-11-22(26)17-7-9-20(25)10-8-17)13-18(23)15-28-21-4-2-3-19(24)14-21/h2-14H,15H2,1H3/b11-5+. The van der Waals surface area contributed by atoms with Gasteiger partial charge in [-0.1, -0.05) is 29.8 Å². The maximum atomic E-state index is 13.0. The van der Waals surface area contributed by atoms with Gasteiger partial charge in [-0.2, -0.15) is 0 Å². The minimum Gasteiger partial charge on any atom is -0.496 e. The number of carbonyl (C=O) groups is 1. The molecule has 0 amide bonds. The number of hydrogen-bond acceptors (Lipinski definition) is 3. The number of rotatable bonds is 7. The van der Waals surface area contributed by atoms with Gasteiger partial charge in [0, 0.05) is 16.1 Å². The van der Waals surface area contributed by atoms with Gasteiger partial charge in [-0.3, -0.25) is 4.79 Å². The van der Waals surface area contributed by atoms with Gasteiger partial charge < -0.3 is 9.47 Å². The fourth-order valence-corrected chi connectivity index (χ4v) is 2.80. The van der Waals surface area contributed by atoms with Crippen molar-refractivity contribution in [2.45, 2.75) is 6.61 Å². The summed E-state index contributed by atoms with van der Waals surface area (Å²) >= 11 is 5.97. The predicted octanol–water partition coefficient (Wildman–Crippen LogP) is 5.96. The van der Waals surface area contributed by atoms with Gasteiger partial charge >= 0.3 is 0 Å². The summed E-state index contributed by atoms with van der Waals surface area (Å²) in [5.74, 6) is 0.763. The second-order valence-corrected chi connectivity index (χ2v) is 6.46. The van der Waals surface area contributed by atoms with Crippen LogP contribution in [0, 0.1) is 5.82 Å². The molecular formula is C23H18ClFO3. The Bertz CT molecular complexity index is 997. The maximum Gasteiger partial charge on any atom is 0.185 e. The fraction of sp³-hybridized carbons (Fsp3) is 0.0870. The van der Waals surface area contributed by atoms with Gasteiger partial charge in [0.25, 0.3) is 0 Å². The van der Waals surface area contributed by atoms with Gasteiger partial charge in [0.2, 0.25) is 0 Å². The number of allylic oxidation sites excluding steroid dienone is 1. The first-order chi connectivity index (χ1) is 13.5. The summed E-state index contributed by atoms with van der Waals surface area (Å²) in [6.45, 7) is 0.289. The molecule has 5 heteroatoms. The highest BCUT2D eigenvalue weighted by molar-refractivity contribution is 6.30. The van der Waals surface area contributed by atoms with Crippen LogP contribution >= 0.6 is 11.6 Å². The molecule has 0 bridgehead atoms. The number of benzene rings is 3. The average molecular weight is 397 g/mol. The first-order valence-corrected chi connectivity index (χ1v) is 8.96. The number of halogens is 2. The molecule has 142 valence electrons. The summed E-state index contributed by atoms with van der Waals surface area (Å²) in [6.07, 6.45) is 3.16. The topological polar surface area (TPSA) is 35.5 Å². The van der Waals surface area contributed by atoms with Crippen molar-refractivity contribution in [1.82, 2.24) is 0 Å². The van der Waals surface area contributed by atoms with Crippen molar-refractivity contribution in [3.8, 4) is 11.5 Å². The largest absolute Gasteiger partial charge is 0.496 e. The molecule has 0 aliphatic carbocycles. The van der Waals surface area contributed by atoms with E-state index >= 15 is 0 Å². The van der Waals surface area contributed by atoms with Crippen LogP contribution in [0.5, 0.6) is 11.5 Å². The zero-order valence-electron chi connectivity index (χ0n) is 15.2. The van der Waals surface area contributed by atoms with Gasteiger partial charge in [0.15, 0.2) is 5.78 Å². The molecule has 0 aliphatic heterocycles. The quantitative estimate of drug-likeness (QED) is 0.365. The van der Waals surface area contributed by atoms with Gasteiger partial charge in [0.1, 0.15) is 23.9 Å². The maximum absolute atomic E-state index is 13.0. The lowest BCUT2D eigenvalue weighted by Gasteiger charge is -2.11. The Morgan fingerprint density at radius 3 is 2.57 bits per heavy atom. The summed E-state index contributed by atoms with van der Waals surface area (Å²) in [7, 11) is 1.59. The van der Waals surface area contributed by atoms with E-state index in [-0.39, 0.29) is 18.2 Å². The molecule has 0 fully saturated rings. The zero-order valence-corrected chi connectivity index (χ0v) is 15.9. The first-order valence-electron chi connectivity index (χ1n) is 8.58. The van der Waals surface area contributed by atoms with E-state index in [4.69, 9.17) is 21.1 Å². The number of carbonyl (C=O) groups excluding carboxylic acids is 1. The lowest BCUT2D eigenvalue weighted by Crippen LogP contribution is -1.99. The van der Waals surface area contributed by atoms with Crippen LogP contribution < -0.4 is 9.47 Å². The highest BCUT2D eigenvalue weighted by Gasteiger charge is 2.06. The predicted molar refractivity (Wildman–Crippen MR) is 109 cm³/mol. The highest BCUT2D eigenvalue weighted by Crippen LogP contribution is 2.24. The molecule has 3 aromatic rings. The summed E-state index contributed by atoms with van der Waals surface area (Å²) in [5.41, 5.74) is 2.08. The summed E-state index contributed by atoms with van der Waals surface area (Å²) in [5, 5.41) is 0.598. The summed E-state index contributed by atoms with van der Waals surface area (Å²) in [6, 6.07) is 18.1. The first kappa shape index (κ1) is 19.6. The number of hydrogen-bond donors (Lipinski definition) is 0. The van der Waals surface area contributed by atoms with E-state index < -0.39 is 0 Å². The smallest absolute Gasteiger partial charge is 0.185 e. The monoisotopic (exact) mass is 396 g/mol. The molecule has 0 aromatic heterocycles. The highest BCUT2D eigenvalue weighted by atomic mass is 35.5. The van der Waals surface area contributed by atoms with E-state index in [1.54, 1.807) is 25.3 Å². The van der Waals surface area contributed by atoms with Crippen LogP contribution in [0.1, 0.15) is 21.5 Å². The van der Waals surface area contributed by atoms with Gasteiger partial charge in [-0.25, -0.2) is 4.39 Å². The Morgan fingerprint density at radius 2 is 1.86 bits per heavy atom. The van der Waals surface area contributed by atoms with Crippen molar-refractivity contribution in [2.24, 2.45) is 0 Å².